The summed E-state index contributed by atoms with van der Waals surface area (Å²) in [7, 11) is 2.05. The summed E-state index contributed by atoms with van der Waals surface area (Å²) in [6.45, 7) is 0.883. The highest BCUT2D eigenvalue weighted by Gasteiger charge is 2.50. The van der Waals surface area contributed by atoms with Crippen LogP contribution in [0.5, 0.6) is 0 Å². The molecule has 2 fully saturated rings. The Morgan fingerprint density at radius 3 is 3.00 bits per heavy atom. The standard InChI is InChI=1S/C14H21ClN2O/c1-17-8-7-16-12(17)4-5-14(10-15)6-9-18-13(14)11-2-3-11/h7-8,11,13H,2-6,9-10H2,1H3. The Morgan fingerprint density at radius 1 is 1.56 bits per heavy atom. The van der Waals surface area contributed by atoms with Gasteiger partial charge in [0.2, 0.25) is 0 Å². The molecule has 0 N–H and O–H groups in total. The Kier molecular flexibility index (Phi) is 3.37. The van der Waals surface area contributed by atoms with E-state index in [9.17, 15) is 0 Å². The van der Waals surface area contributed by atoms with Crippen molar-refractivity contribution >= 4 is 11.6 Å². The third-order valence-corrected chi connectivity index (χ3v) is 5.12. The zero-order chi connectivity index (χ0) is 12.6. The summed E-state index contributed by atoms with van der Waals surface area (Å²) in [5.41, 5.74) is 0.189. The number of hydrogen-bond acceptors (Lipinski definition) is 2. The Morgan fingerprint density at radius 2 is 2.39 bits per heavy atom. The molecular weight excluding hydrogens is 248 g/mol. The maximum Gasteiger partial charge on any atom is 0.108 e. The minimum Gasteiger partial charge on any atom is -0.377 e. The molecule has 3 nitrogen and oxygen atoms in total. The predicted molar refractivity (Wildman–Crippen MR) is 71.8 cm³/mol. The lowest BCUT2D eigenvalue weighted by atomic mass is 9.77. The maximum absolute atomic E-state index is 6.30. The minimum absolute atomic E-state index is 0.189. The Balaban J connectivity index is 1.69. The first kappa shape index (κ1) is 12.5. The quantitative estimate of drug-likeness (QED) is 0.768. The third-order valence-electron chi connectivity index (χ3n) is 4.58. The molecule has 0 spiro atoms. The van der Waals surface area contributed by atoms with Crippen LogP contribution in [0.4, 0.5) is 0 Å². The summed E-state index contributed by atoms with van der Waals surface area (Å²) in [5.74, 6) is 2.65. The number of ether oxygens (including phenoxy) is 1. The summed E-state index contributed by atoms with van der Waals surface area (Å²) >= 11 is 6.30. The van der Waals surface area contributed by atoms with Gasteiger partial charge in [-0.15, -0.1) is 11.6 Å². The van der Waals surface area contributed by atoms with E-state index in [1.807, 2.05) is 12.4 Å². The second kappa shape index (κ2) is 4.86. The molecule has 0 aromatic carbocycles. The highest BCUT2D eigenvalue weighted by atomic mass is 35.5. The van der Waals surface area contributed by atoms with Gasteiger partial charge in [0, 0.05) is 43.8 Å². The number of hydrogen-bond donors (Lipinski definition) is 0. The molecule has 3 rings (SSSR count). The van der Waals surface area contributed by atoms with Crippen LogP contribution in [0, 0.1) is 11.3 Å². The van der Waals surface area contributed by atoms with Gasteiger partial charge in [0.05, 0.1) is 6.10 Å². The Hall–Kier alpha value is -0.540. The van der Waals surface area contributed by atoms with Crippen LogP contribution in [0.25, 0.3) is 0 Å². The zero-order valence-electron chi connectivity index (χ0n) is 10.9. The normalized spacial score (nSPS) is 32.0. The molecule has 18 heavy (non-hydrogen) atoms. The van der Waals surface area contributed by atoms with Crippen LogP contribution in [-0.2, 0) is 18.2 Å². The van der Waals surface area contributed by atoms with Gasteiger partial charge >= 0.3 is 0 Å². The van der Waals surface area contributed by atoms with Crippen LogP contribution in [0.2, 0.25) is 0 Å². The monoisotopic (exact) mass is 268 g/mol. The molecule has 1 aromatic rings. The van der Waals surface area contributed by atoms with E-state index in [-0.39, 0.29) is 5.41 Å². The summed E-state index contributed by atoms with van der Waals surface area (Å²) < 4.78 is 8.07. The van der Waals surface area contributed by atoms with Crippen molar-refractivity contribution in [2.75, 3.05) is 12.5 Å². The van der Waals surface area contributed by atoms with Gasteiger partial charge in [0.1, 0.15) is 5.82 Å². The molecule has 0 amide bonds. The summed E-state index contributed by atoms with van der Waals surface area (Å²) in [6.07, 6.45) is 10.1. The molecule has 0 bridgehead atoms. The van der Waals surface area contributed by atoms with Crippen molar-refractivity contribution in [2.24, 2.45) is 18.4 Å². The van der Waals surface area contributed by atoms with Crippen LogP contribution in [0.3, 0.4) is 0 Å². The molecule has 100 valence electrons. The van der Waals surface area contributed by atoms with Crippen molar-refractivity contribution < 1.29 is 4.74 Å². The molecule has 4 heteroatoms. The van der Waals surface area contributed by atoms with Crippen molar-refractivity contribution in [1.29, 1.82) is 0 Å². The van der Waals surface area contributed by atoms with Gasteiger partial charge in [-0.3, -0.25) is 0 Å². The lowest BCUT2D eigenvalue weighted by Crippen LogP contribution is -2.35. The molecule has 0 radical (unpaired) electrons. The fourth-order valence-electron chi connectivity index (χ4n) is 3.22. The van der Waals surface area contributed by atoms with Gasteiger partial charge < -0.3 is 9.30 Å². The highest BCUT2D eigenvalue weighted by Crippen LogP contribution is 2.50. The lowest BCUT2D eigenvalue weighted by Gasteiger charge is -2.32. The van der Waals surface area contributed by atoms with Gasteiger partial charge in [0.15, 0.2) is 0 Å². The van der Waals surface area contributed by atoms with Gasteiger partial charge in [-0.25, -0.2) is 4.98 Å². The van der Waals surface area contributed by atoms with Gasteiger partial charge in [-0.05, 0) is 31.6 Å². The third kappa shape index (κ3) is 2.19. The van der Waals surface area contributed by atoms with E-state index < -0.39 is 0 Å². The number of halogens is 1. The van der Waals surface area contributed by atoms with Crippen molar-refractivity contribution in [3.63, 3.8) is 0 Å². The molecule has 2 heterocycles. The Labute approximate surface area is 113 Å². The average molecular weight is 269 g/mol. The number of nitrogens with zero attached hydrogens (tertiary/aromatic N) is 2. The van der Waals surface area contributed by atoms with Gasteiger partial charge in [-0.2, -0.15) is 0 Å². The maximum atomic E-state index is 6.30. The smallest absolute Gasteiger partial charge is 0.108 e. The summed E-state index contributed by atoms with van der Waals surface area (Å²) in [4.78, 5) is 4.41. The minimum atomic E-state index is 0.189. The van der Waals surface area contributed by atoms with E-state index in [0.717, 1.165) is 43.5 Å². The molecule has 1 aliphatic carbocycles. The molecule has 2 atom stereocenters. The first-order valence-corrected chi connectivity index (χ1v) is 7.42. The molecular formula is C14H21ClN2O. The number of aromatic nitrogens is 2. The highest BCUT2D eigenvalue weighted by molar-refractivity contribution is 6.18. The molecule has 1 saturated carbocycles. The van der Waals surface area contributed by atoms with Gasteiger partial charge in [-0.1, -0.05) is 0 Å². The lowest BCUT2D eigenvalue weighted by molar-refractivity contribution is 0.0364. The van der Waals surface area contributed by atoms with Crippen molar-refractivity contribution in [2.45, 2.75) is 38.2 Å². The van der Waals surface area contributed by atoms with Crippen LogP contribution in [0.15, 0.2) is 12.4 Å². The summed E-state index contributed by atoms with van der Waals surface area (Å²) in [5, 5.41) is 0. The van der Waals surface area contributed by atoms with Gasteiger partial charge in [0.25, 0.3) is 0 Å². The van der Waals surface area contributed by atoms with Crippen molar-refractivity contribution in [3.05, 3.63) is 18.2 Å². The molecule has 2 aliphatic rings. The molecule has 2 unspecified atom stereocenters. The molecule has 1 saturated heterocycles. The van der Waals surface area contributed by atoms with Crippen LogP contribution >= 0.6 is 11.6 Å². The first-order chi connectivity index (χ1) is 8.75. The zero-order valence-corrected chi connectivity index (χ0v) is 11.7. The van der Waals surface area contributed by atoms with E-state index in [1.54, 1.807) is 0 Å². The second-order valence-electron chi connectivity index (χ2n) is 5.83. The SMILES string of the molecule is Cn1ccnc1CCC1(CCl)CCOC1C1CC1. The summed E-state index contributed by atoms with van der Waals surface area (Å²) in [6, 6.07) is 0. The van der Waals surface area contributed by atoms with E-state index in [2.05, 4.69) is 16.6 Å². The first-order valence-electron chi connectivity index (χ1n) is 6.89. The topological polar surface area (TPSA) is 27.1 Å². The van der Waals surface area contributed by atoms with Crippen LogP contribution in [0.1, 0.15) is 31.5 Å². The van der Waals surface area contributed by atoms with E-state index in [0.29, 0.717) is 6.10 Å². The van der Waals surface area contributed by atoms with Crippen molar-refractivity contribution in [3.8, 4) is 0 Å². The largest absolute Gasteiger partial charge is 0.377 e. The number of imidazole rings is 1. The number of alkyl halides is 1. The number of aryl methyl sites for hydroxylation is 2. The average Bonchev–Trinajstić information content (AvgIpc) is 3.01. The second-order valence-corrected chi connectivity index (χ2v) is 6.10. The van der Waals surface area contributed by atoms with Crippen LogP contribution < -0.4 is 0 Å². The van der Waals surface area contributed by atoms with E-state index in [1.165, 1.54) is 12.8 Å². The molecule has 1 aliphatic heterocycles. The van der Waals surface area contributed by atoms with Crippen molar-refractivity contribution in [1.82, 2.24) is 9.55 Å². The van der Waals surface area contributed by atoms with E-state index >= 15 is 0 Å². The fraction of sp³-hybridized carbons (Fsp3) is 0.786. The fourth-order valence-corrected chi connectivity index (χ4v) is 3.64. The predicted octanol–water partition coefficient (Wildman–Crippen LogP) is 2.78. The molecule has 1 aromatic heterocycles. The van der Waals surface area contributed by atoms with E-state index in [4.69, 9.17) is 16.3 Å². The number of rotatable bonds is 5. The van der Waals surface area contributed by atoms with Crippen LogP contribution in [-0.4, -0.2) is 28.1 Å². The Bertz CT molecular complexity index is 416.